The van der Waals surface area contributed by atoms with Crippen LogP contribution in [0.2, 0.25) is 0 Å². The maximum Gasteiger partial charge on any atom is 0.346 e. The lowest BCUT2D eigenvalue weighted by atomic mass is 9.94. The van der Waals surface area contributed by atoms with Gasteiger partial charge in [0.1, 0.15) is 0 Å². The monoisotopic (exact) mass is 265 g/mol. The van der Waals surface area contributed by atoms with Gasteiger partial charge in [0.15, 0.2) is 0 Å². The Bertz CT molecular complexity index is 776. The number of hydrogen-bond donors (Lipinski definition) is 1. The molecule has 1 aliphatic heterocycles. The molecule has 0 saturated heterocycles. The van der Waals surface area contributed by atoms with Crippen LogP contribution < -0.4 is 5.32 Å². The molecule has 0 bridgehead atoms. The zero-order chi connectivity index (χ0) is 14.1. The van der Waals surface area contributed by atoms with E-state index in [4.69, 9.17) is 4.74 Å². The van der Waals surface area contributed by atoms with Gasteiger partial charge in [0, 0.05) is 10.9 Å². The molecule has 0 saturated carbocycles. The van der Waals surface area contributed by atoms with E-state index in [0.717, 1.165) is 10.9 Å². The molecule has 0 radical (unpaired) electrons. The number of cyclic esters (lactones) is 2. The number of rotatable bonds is 1. The number of benzene rings is 2. The maximum absolute atomic E-state index is 11.8. The second-order valence-corrected chi connectivity index (χ2v) is 4.40. The fourth-order valence-electron chi connectivity index (χ4n) is 2.28. The van der Waals surface area contributed by atoms with E-state index in [2.05, 4.69) is 17.2 Å². The first-order chi connectivity index (χ1) is 9.72. The van der Waals surface area contributed by atoms with Crippen LogP contribution in [0.4, 0.5) is 0 Å². The topological polar surface area (TPSA) is 55.4 Å². The molecule has 1 aliphatic rings. The third kappa shape index (κ3) is 1.85. The number of nitrogens with one attached hydrogen (secondary N) is 1. The second kappa shape index (κ2) is 4.80. The van der Waals surface area contributed by atoms with Gasteiger partial charge >= 0.3 is 11.9 Å². The zero-order valence-corrected chi connectivity index (χ0v) is 10.8. The van der Waals surface area contributed by atoms with E-state index >= 15 is 0 Å². The summed E-state index contributed by atoms with van der Waals surface area (Å²) in [6.07, 6.45) is 0. The molecule has 1 N–H and O–H groups in total. The summed E-state index contributed by atoms with van der Waals surface area (Å²) in [6, 6.07) is 8.72. The fraction of sp³-hybridized carbons (Fsp3) is 0.125. The molecule has 0 unspecified atom stereocenters. The number of carbonyl (C=O) groups is 2. The predicted octanol–water partition coefficient (Wildman–Crippen LogP) is 1.72. The Hall–Kier alpha value is -2.64. The molecule has 1 heterocycles. The van der Waals surface area contributed by atoms with Gasteiger partial charge in [-0.1, -0.05) is 24.0 Å². The number of hydrogen-bond acceptors (Lipinski definition) is 4. The van der Waals surface area contributed by atoms with Gasteiger partial charge in [-0.3, -0.25) is 0 Å². The van der Waals surface area contributed by atoms with Gasteiger partial charge in [0.05, 0.1) is 17.7 Å². The SMILES string of the molecule is CNCC#Cc1ccc2c3c(cccc13)C(=O)OC2=O. The van der Waals surface area contributed by atoms with E-state index < -0.39 is 11.9 Å². The molecule has 98 valence electrons. The highest BCUT2D eigenvalue weighted by molar-refractivity contribution is 6.21. The average Bonchev–Trinajstić information content (AvgIpc) is 2.45. The van der Waals surface area contributed by atoms with E-state index in [1.807, 2.05) is 13.1 Å². The summed E-state index contributed by atoms with van der Waals surface area (Å²) in [5.74, 6) is 4.82. The Morgan fingerprint density at radius 3 is 2.60 bits per heavy atom. The summed E-state index contributed by atoms with van der Waals surface area (Å²) in [4.78, 5) is 23.5. The minimum absolute atomic E-state index is 0.411. The van der Waals surface area contributed by atoms with Crippen molar-refractivity contribution in [3.63, 3.8) is 0 Å². The van der Waals surface area contributed by atoms with Crippen molar-refractivity contribution in [1.82, 2.24) is 5.32 Å². The Labute approximate surface area is 115 Å². The molecule has 0 amide bonds. The van der Waals surface area contributed by atoms with E-state index in [1.165, 1.54) is 0 Å². The molecule has 20 heavy (non-hydrogen) atoms. The van der Waals surface area contributed by atoms with Crippen molar-refractivity contribution in [2.24, 2.45) is 0 Å². The quantitative estimate of drug-likeness (QED) is 0.484. The molecule has 3 rings (SSSR count). The highest BCUT2D eigenvalue weighted by atomic mass is 16.6. The Morgan fingerprint density at radius 1 is 1.10 bits per heavy atom. The smallest absolute Gasteiger partial charge is 0.346 e. The summed E-state index contributed by atoms with van der Waals surface area (Å²) < 4.78 is 4.72. The molecule has 0 fully saturated rings. The zero-order valence-electron chi connectivity index (χ0n) is 10.8. The maximum atomic E-state index is 11.8. The normalized spacial score (nSPS) is 12.8. The van der Waals surface area contributed by atoms with Crippen molar-refractivity contribution in [1.29, 1.82) is 0 Å². The molecule has 4 nitrogen and oxygen atoms in total. The second-order valence-electron chi connectivity index (χ2n) is 4.40. The molecule has 0 aromatic heterocycles. The Balaban J connectivity index is 2.30. The van der Waals surface area contributed by atoms with Gasteiger partial charge in [0.2, 0.25) is 0 Å². The lowest BCUT2D eigenvalue weighted by molar-refractivity contribution is 0.0391. The first-order valence-corrected chi connectivity index (χ1v) is 6.18. The van der Waals surface area contributed by atoms with Gasteiger partial charge in [-0.2, -0.15) is 0 Å². The van der Waals surface area contributed by atoms with E-state index in [0.29, 0.717) is 23.1 Å². The molecule has 0 aliphatic carbocycles. The molecular weight excluding hydrogens is 254 g/mol. The molecule has 2 aromatic carbocycles. The van der Waals surface area contributed by atoms with Gasteiger partial charge < -0.3 is 10.1 Å². The summed E-state index contributed by atoms with van der Waals surface area (Å²) in [6.45, 7) is 0.573. The van der Waals surface area contributed by atoms with Crippen LogP contribution in [0.3, 0.4) is 0 Å². The van der Waals surface area contributed by atoms with Crippen LogP contribution in [-0.4, -0.2) is 25.5 Å². The third-order valence-corrected chi connectivity index (χ3v) is 3.15. The lowest BCUT2D eigenvalue weighted by Crippen LogP contribution is -2.19. The largest absolute Gasteiger partial charge is 0.386 e. The highest BCUT2D eigenvalue weighted by Gasteiger charge is 2.27. The summed E-state index contributed by atoms with van der Waals surface area (Å²) in [5.41, 5.74) is 1.62. The van der Waals surface area contributed by atoms with Gasteiger partial charge in [0.25, 0.3) is 0 Å². The standard InChI is InChI=1S/C16H11NO3/c1-17-9-3-4-10-7-8-13-14-11(10)5-2-6-12(14)15(18)20-16(13)19/h2,5-8,17H,9H2,1H3. The van der Waals surface area contributed by atoms with Crippen molar-refractivity contribution in [2.75, 3.05) is 13.6 Å². The number of carbonyl (C=O) groups excluding carboxylic acids is 2. The molecule has 0 atom stereocenters. The summed E-state index contributed by atoms with van der Waals surface area (Å²) >= 11 is 0. The molecular formula is C16H11NO3. The Kier molecular flexibility index (Phi) is 2.97. The van der Waals surface area contributed by atoms with Crippen LogP contribution in [-0.2, 0) is 4.74 Å². The van der Waals surface area contributed by atoms with Crippen LogP contribution in [0.1, 0.15) is 26.3 Å². The van der Waals surface area contributed by atoms with Crippen LogP contribution in [0.5, 0.6) is 0 Å². The Morgan fingerprint density at radius 2 is 1.85 bits per heavy atom. The first kappa shape index (κ1) is 12.4. The number of esters is 2. The lowest BCUT2D eigenvalue weighted by Gasteiger charge is -2.15. The minimum Gasteiger partial charge on any atom is -0.386 e. The molecule has 0 spiro atoms. The van der Waals surface area contributed by atoms with Gasteiger partial charge in [-0.25, -0.2) is 9.59 Å². The van der Waals surface area contributed by atoms with Crippen molar-refractivity contribution in [2.45, 2.75) is 0 Å². The first-order valence-electron chi connectivity index (χ1n) is 6.18. The van der Waals surface area contributed by atoms with Crippen LogP contribution in [0.25, 0.3) is 10.8 Å². The van der Waals surface area contributed by atoms with E-state index in [1.54, 1.807) is 24.3 Å². The van der Waals surface area contributed by atoms with E-state index in [-0.39, 0.29) is 0 Å². The number of ether oxygens (including phenoxy) is 1. The summed E-state index contributed by atoms with van der Waals surface area (Å²) in [7, 11) is 1.82. The summed E-state index contributed by atoms with van der Waals surface area (Å²) in [5, 5.41) is 4.37. The van der Waals surface area contributed by atoms with Gasteiger partial charge in [-0.05, 0) is 30.6 Å². The van der Waals surface area contributed by atoms with Crippen LogP contribution >= 0.6 is 0 Å². The molecule has 4 heteroatoms. The minimum atomic E-state index is -0.603. The van der Waals surface area contributed by atoms with E-state index in [9.17, 15) is 9.59 Å². The van der Waals surface area contributed by atoms with Gasteiger partial charge in [-0.15, -0.1) is 0 Å². The van der Waals surface area contributed by atoms with Crippen LogP contribution in [0, 0.1) is 11.8 Å². The highest BCUT2D eigenvalue weighted by Crippen LogP contribution is 2.30. The van der Waals surface area contributed by atoms with Crippen molar-refractivity contribution < 1.29 is 14.3 Å². The van der Waals surface area contributed by atoms with Crippen molar-refractivity contribution in [3.05, 3.63) is 47.0 Å². The fourth-order valence-corrected chi connectivity index (χ4v) is 2.28. The average molecular weight is 265 g/mol. The third-order valence-electron chi connectivity index (χ3n) is 3.15. The van der Waals surface area contributed by atoms with Crippen LogP contribution in [0.15, 0.2) is 30.3 Å². The van der Waals surface area contributed by atoms with Crippen molar-refractivity contribution >= 4 is 22.7 Å². The van der Waals surface area contributed by atoms with Crippen molar-refractivity contribution in [3.8, 4) is 11.8 Å². The predicted molar refractivity (Wildman–Crippen MR) is 74.5 cm³/mol. The molecule has 2 aromatic rings.